The predicted octanol–water partition coefficient (Wildman–Crippen LogP) is 1.53. The Hall–Kier alpha value is -0.560. The third-order valence-corrected chi connectivity index (χ3v) is 2.74. The number of nitroso groups, excluding NO2 is 1. The molecule has 0 atom stereocenters. The van der Waals surface area contributed by atoms with Crippen LogP contribution in [-0.2, 0) is 14.2 Å². The summed E-state index contributed by atoms with van der Waals surface area (Å²) in [5.41, 5.74) is 0. The molecule has 0 aliphatic heterocycles. The van der Waals surface area contributed by atoms with E-state index in [0.717, 1.165) is 52.1 Å². The summed E-state index contributed by atoms with van der Waals surface area (Å²) in [4.78, 5) is 12.3. The van der Waals surface area contributed by atoms with Crippen molar-refractivity contribution in [2.24, 2.45) is 5.18 Å². The first kappa shape index (κ1) is 18.4. The first-order valence-electron chi connectivity index (χ1n) is 6.92. The van der Waals surface area contributed by atoms with Gasteiger partial charge < -0.3 is 19.1 Å². The van der Waals surface area contributed by atoms with Crippen molar-refractivity contribution in [2.75, 3.05) is 66.8 Å². The highest BCUT2D eigenvalue weighted by atomic mass is 16.5. The van der Waals surface area contributed by atoms with Crippen LogP contribution in [0.5, 0.6) is 0 Å². The van der Waals surface area contributed by atoms with Crippen LogP contribution in [0.15, 0.2) is 5.18 Å². The van der Waals surface area contributed by atoms with Gasteiger partial charge in [0.2, 0.25) is 0 Å². The summed E-state index contributed by atoms with van der Waals surface area (Å²) in [7, 11) is 3.45. The van der Waals surface area contributed by atoms with Crippen LogP contribution in [0.4, 0.5) is 0 Å². The van der Waals surface area contributed by atoms with E-state index in [1.165, 1.54) is 0 Å². The van der Waals surface area contributed by atoms with Crippen LogP contribution in [0.2, 0.25) is 0 Å². The van der Waals surface area contributed by atoms with Gasteiger partial charge in [-0.2, -0.15) is 4.91 Å². The number of ether oxygens (including phenoxy) is 3. The van der Waals surface area contributed by atoms with Crippen molar-refractivity contribution in [1.29, 1.82) is 0 Å². The summed E-state index contributed by atoms with van der Waals surface area (Å²) in [5.74, 6) is 0. The molecule has 0 aliphatic carbocycles. The third-order valence-electron chi connectivity index (χ3n) is 2.74. The normalized spacial score (nSPS) is 11.1. The lowest BCUT2D eigenvalue weighted by atomic mass is 10.3. The topological polar surface area (TPSA) is 60.4 Å². The highest BCUT2D eigenvalue weighted by Gasteiger charge is 2.04. The molecule has 0 aromatic carbocycles. The number of hydrogen-bond acceptors (Lipinski definition) is 6. The van der Waals surface area contributed by atoms with Gasteiger partial charge in [-0.15, -0.1) is 0 Å². The van der Waals surface area contributed by atoms with Gasteiger partial charge in [-0.3, -0.25) is 0 Å². The van der Waals surface area contributed by atoms with Crippen molar-refractivity contribution >= 4 is 0 Å². The number of rotatable bonds is 15. The molecule has 114 valence electrons. The Balaban J connectivity index is 3.61. The maximum atomic E-state index is 9.88. The molecule has 0 saturated heterocycles. The van der Waals surface area contributed by atoms with Crippen LogP contribution in [-0.4, -0.2) is 71.7 Å². The van der Waals surface area contributed by atoms with Gasteiger partial charge in [-0.25, -0.2) is 0 Å². The van der Waals surface area contributed by atoms with E-state index in [4.69, 9.17) is 14.2 Å². The van der Waals surface area contributed by atoms with Gasteiger partial charge >= 0.3 is 0 Å². The van der Waals surface area contributed by atoms with Crippen molar-refractivity contribution in [3.05, 3.63) is 4.91 Å². The minimum Gasteiger partial charge on any atom is -0.385 e. The molecule has 0 radical (unpaired) electrons. The molecule has 0 heterocycles. The van der Waals surface area contributed by atoms with Crippen LogP contribution in [0.1, 0.15) is 19.3 Å². The Kier molecular flexibility index (Phi) is 15.0. The Morgan fingerprint density at radius 1 is 0.842 bits per heavy atom. The molecule has 0 bridgehead atoms. The molecule has 6 nitrogen and oxygen atoms in total. The maximum absolute atomic E-state index is 9.88. The van der Waals surface area contributed by atoms with Crippen LogP contribution in [0, 0.1) is 4.91 Å². The van der Waals surface area contributed by atoms with E-state index in [9.17, 15) is 4.91 Å². The van der Waals surface area contributed by atoms with Gasteiger partial charge in [0.15, 0.2) is 0 Å². The quantitative estimate of drug-likeness (QED) is 0.335. The molecule has 19 heavy (non-hydrogen) atoms. The minimum absolute atomic E-state index is 0.241. The van der Waals surface area contributed by atoms with Gasteiger partial charge in [0.25, 0.3) is 0 Å². The van der Waals surface area contributed by atoms with E-state index in [1.807, 2.05) is 0 Å². The second-order valence-corrected chi connectivity index (χ2v) is 4.35. The maximum Gasteiger partial charge on any atom is 0.104 e. The van der Waals surface area contributed by atoms with Crippen LogP contribution < -0.4 is 0 Å². The first-order chi connectivity index (χ1) is 9.35. The minimum atomic E-state index is 0.241. The standard InChI is InChI=1S/C13H28N2O4/c1-17-10-3-7-15(8-4-11-18-2)9-5-12-19-13-6-14-16/h3-13H2,1-2H3. The fourth-order valence-corrected chi connectivity index (χ4v) is 1.79. The van der Waals surface area contributed by atoms with E-state index in [1.54, 1.807) is 14.2 Å². The van der Waals surface area contributed by atoms with Gasteiger partial charge in [0, 0.05) is 53.7 Å². The summed E-state index contributed by atoms with van der Waals surface area (Å²) in [6, 6.07) is 0. The lowest BCUT2D eigenvalue weighted by Crippen LogP contribution is -2.29. The first-order valence-corrected chi connectivity index (χ1v) is 6.92. The lowest BCUT2D eigenvalue weighted by Gasteiger charge is -2.22. The molecule has 0 unspecified atom stereocenters. The highest BCUT2D eigenvalue weighted by molar-refractivity contribution is 4.58. The molecule has 0 spiro atoms. The van der Waals surface area contributed by atoms with E-state index < -0.39 is 0 Å². The van der Waals surface area contributed by atoms with E-state index >= 15 is 0 Å². The van der Waals surface area contributed by atoms with Gasteiger partial charge in [-0.1, -0.05) is 5.18 Å². The van der Waals surface area contributed by atoms with Gasteiger partial charge in [-0.05, 0) is 19.3 Å². The summed E-state index contributed by atoms with van der Waals surface area (Å²) < 4.78 is 15.4. The zero-order valence-electron chi connectivity index (χ0n) is 12.3. The molecule has 0 aromatic rings. The van der Waals surface area contributed by atoms with E-state index in [2.05, 4.69) is 10.1 Å². The Morgan fingerprint density at radius 2 is 1.37 bits per heavy atom. The largest absolute Gasteiger partial charge is 0.385 e. The zero-order valence-corrected chi connectivity index (χ0v) is 12.3. The third kappa shape index (κ3) is 13.7. The second-order valence-electron chi connectivity index (χ2n) is 4.35. The van der Waals surface area contributed by atoms with Crippen molar-refractivity contribution in [1.82, 2.24) is 4.90 Å². The Labute approximate surface area is 116 Å². The molecular weight excluding hydrogens is 248 g/mol. The van der Waals surface area contributed by atoms with E-state index in [-0.39, 0.29) is 6.54 Å². The SMILES string of the molecule is COCCCN(CCCOC)CCCOCCN=O. The average Bonchev–Trinajstić information content (AvgIpc) is 2.42. The van der Waals surface area contributed by atoms with E-state index in [0.29, 0.717) is 13.2 Å². The molecule has 0 aromatic heterocycles. The monoisotopic (exact) mass is 276 g/mol. The smallest absolute Gasteiger partial charge is 0.104 e. The van der Waals surface area contributed by atoms with Crippen LogP contribution >= 0.6 is 0 Å². The fraction of sp³-hybridized carbons (Fsp3) is 1.00. The van der Waals surface area contributed by atoms with Crippen LogP contribution in [0.3, 0.4) is 0 Å². The molecule has 6 heteroatoms. The molecule has 0 fully saturated rings. The summed E-state index contributed by atoms with van der Waals surface area (Å²) in [6.45, 7) is 6.01. The van der Waals surface area contributed by atoms with Crippen LogP contribution in [0.25, 0.3) is 0 Å². The van der Waals surface area contributed by atoms with Gasteiger partial charge in [0.1, 0.15) is 6.54 Å². The fourth-order valence-electron chi connectivity index (χ4n) is 1.79. The molecule has 0 rings (SSSR count). The lowest BCUT2D eigenvalue weighted by molar-refractivity contribution is 0.118. The van der Waals surface area contributed by atoms with Crippen molar-refractivity contribution < 1.29 is 14.2 Å². The number of hydrogen-bond donors (Lipinski definition) is 0. The second kappa shape index (κ2) is 15.5. The number of nitrogens with zero attached hydrogens (tertiary/aromatic N) is 2. The summed E-state index contributed by atoms with van der Waals surface area (Å²) in [5, 5.41) is 2.76. The summed E-state index contributed by atoms with van der Waals surface area (Å²) in [6.07, 6.45) is 3.05. The predicted molar refractivity (Wildman–Crippen MR) is 75.5 cm³/mol. The van der Waals surface area contributed by atoms with Crippen molar-refractivity contribution in [2.45, 2.75) is 19.3 Å². The molecule has 0 amide bonds. The zero-order chi connectivity index (χ0) is 14.2. The Bertz CT molecular complexity index is 183. The molecular formula is C13H28N2O4. The molecule has 0 aliphatic rings. The highest BCUT2D eigenvalue weighted by Crippen LogP contribution is 1.98. The van der Waals surface area contributed by atoms with Crippen molar-refractivity contribution in [3.8, 4) is 0 Å². The average molecular weight is 276 g/mol. The van der Waals surface area contributed by atoms with Gasteiger partial charge in [0.05, 0.1) is 6.61 Å². The Morgan fingerprint density at radius 3 is 1.84 bits per heavy atom. The molecule has 0 saturated carbocycles. The number of methoxy groups -OCH3 is 2. The van der Waals surface area contributed by atoms with Crippen molar-refractivity contribution in [3.63, 3.8) is 0 Å². The molecule has 0 N–H and O–H groups in total. The summed E-state index contributed by atoms with van der Waals surface area (Å²) >= 11 is 0.